The van der Waals surface area contributed by atoms with Crippen LogP contribution in [0.25, 0.3) is 0 Å². The summed E-state index contributed by atoms with van der Waals surface area (Å²) in [7, 11) is 0. The third kappa shape index (κ3) is 4.66. The second kappa shape index (κ2) is 7.69. The molecule has 3 nitrogen and oxygen atoms in total. The van der Waals surface area contributed by atoms with E-state index in [1.165, 1.54) is 32.4 Å². The average molecular weight is 337 g/mol. The molecule has 1 aliphatic rings. The van der Waals surface area contributed by atoms with Crippen LogP contribution in [0.15, 0.2) is 6.07 Å². The Hall–Kier alpha value is -0.220. The molecular weight excluding hydrogens is 317 g/mol. The molecule has 2 heterocycles. The molecule has 20 heavy (non-hydrogen) atoms. The zero-order valence-corrected chi connectivity index (χ0v) is 13.9. The van der Waals surface area contributed by atoms with Crippen molar-refractivity contribution in [3.8, 4) is 0 Å². The van der Waals surface area contributed by atoms with Gasteiger partial charge in [0.15, 0.2) is 0 Å². The van der Waals surface area contributed by atoms with Gasteiger partial charge in [-0.1, -0.05) is 48.1 Å². The van der Waals surface area contributed by atoms with Gasteiger partial charge in [-0.15, -0.1) is 0 Å². The van der Waals surface area contributed by atoms with Crippen molar-refractivity contribution in [3.63, 3.8) is 0 Å². The quantitative estimate of drug-likeness (QED) is 0.798. The molecule has 1 aliphatic heterocycles. The maximum absolute atomic E-state index is 6.10. The molecule has 1 N–H and O–H groups in total. The van der Waals surface area contributed by atoms with Crippen LogP contribution in [0, 0.1) is 5.92 Å². The van der Waals surface area contributed by atoms with Crippen molar-refractivity contribution in [1.82, 2.24) is 9.88 Å². The minimum Gasteiger partial charge on any atom is -0.368 e. The van der Waals surface area contributed by atoms with E-state index in [4.69, 9.17) is 34.8 Å². The van der Waals surface area contributed by atoms with Crippen LogP contribution in [0.3, 0.4) is 0 Å². The van der Waals surface area contributed by atoms with Crippen LogP contribution < -0.4 is 5.32 Å². The van der Waals surface area contributed by atoms with E-state index in [1.807, 2.05) is 0 Å². The Morgan fingerprint density at radius 1 is 1.20 bits per heavy atom. The van der Waals surface area contributed by atoms with Crippen LogP contribution in [0.1, 0.15) is 26.2 Å². The van der Waals surface area contributed by atoms with Gasteiger partial charge in [-0.3, -0.25) is 0 Å². The molecule has 2 rings (SSSR count). The predicted molar refractivity (Wildman–Crippen MR) is 87.2 cm³/mol. The maximum atomic E-state index is 6.10. The maximum Gasteiger partial charge on any atom is 0.150 e. The van der Waals surface area contributed by atoms with Gasteiger partial charge in [0.25, 0.3) is 0 Å². The third-order valence-electron chi connectivity index (χ3n) is 3.52. The van der Waals surface area contributed by atoms with Crippen LogP contribution in [0.2, 0.25) is 15.2 Å². The fourth-order valence-electron chi connectivity index (χ4n) is 2.49. The SMILES string of the molecule is CC(CNc1nc(Cl)c(Cl)cc1Cl)CN1CCCCC1. The van der Waals surface area contributed by atoms with Crippen molar-refractivity contribution in [2.75, 3.05) is 31.5 Å². The van der Waals surface area contributed by atoms with Gasteiger partial charge in [0.1, 0.15) is 11.0 Å². The fraction of sp³-hybridized carbons (Fsp3) is 0.643. The molecule has 6 heteroatoms. The summed E-state index contributed by atoms with van der Waals surface area (Å²) >= 11 is 17.9. The molecule has 0 amide bonds. The van der Waals surface area contributed by atoms with E-state index in [-0.39, 0.29) is 5.15 Å². The number of halogens is 3. The van der Waals surface area contributed by atoms with E-state index in [1.54, 1.807) is 6.07 Å². The lowest BCUT2D eigenvalue weighted by Crippen LogP contribution is -2.35. The largest absolute Gasteiger partial charge is 0.368 e. The lowest BCUT2D eigenvalue weighted by Gasteiger charge is -2.29. The van der Waals surface area contributed by atoms with Gasteiger partial charge in [-0.2, -0.15) is 0 Å². The standard InChI is InChI=1S/C14H20Cl3N3/c1-10(9-20-5-3-2-4-6-20)8-18-14-12(16)7-11(15)13(17)19-14/h7,10H,2-6,8-9H2,1H3,(H,18,19). The predicted octanol–water partition coefficient (Wildman–Crippen LogP) is 4.58. The van der Waals surface area contributed by atoms with Crippen LogP contribution >= 0.6 is 34.8 Å². The Morgan fingerprint density at radius 2 is 1.90 bits per heavy atom. The summed E-state index contributed by atoms with van der Waals surface area (Å²) in [5.41, 5.74) is 0. The third-order valence-corrected chi connectivity index (χ3v) is 4.48. The highest BCUT2D eigenvalue weighted by molar-refractivity contribution is 6.42. The molecule has 1 unspecified atom stereocenters. The molecule has 112 valence electrons. The zero-order valence-electron chi connectivity index (χ0n) is 11.6. The van der Waals surface area contributed by atoms with Crippen LogP contribution in [0.4, 0.5) is 5.82 Å². The topological polar surface area (TPSA) is 28.2 Å². The number of likely N-dealkylation sites (tertiary alicyclic amines) is 1. The lowest BCUT2D eigenvalue weighted by molar-refractivity contribution is 0.204. The summed E-state index contributed by atoms with van der Waals surface area (Å²) in [5.74, 6) is 1.13. The Morgan fingerprint density at radius 3 is 2.60 bits per heavy atom. The molecule has 1 aromatic rings. The summed E-state index contributed by atoms with van der Waals surface area (Å²) in [6.07, 6.45) is 4.01. The smallest absolute Gasteiger partial charge is 0.150 e. The van der Waals surface area contributed by atoms with Gasteiger partial charge in [0, 0.05) is 13.1 Å². The summed E-state index contributed by atoms with van der Waals surface area (Å²) in [4.78, 5) is 6.70. The van der Waals surface area contributed by atoms with Crippen LogP contribution in [-0.2, 0) is 0 Å². The van der Waals surface area contributed by atoms with Gasteiger partial charge < -0.3 is 10.2 Å². The first-order valence-electron chi connectivity index (χ1n) is 7.04. The fourth-order valence-corrected chi connectivity index (χ4v) is 3.05. The summed E-state index contributed by atoms with van der Waals surface area (Å²) in [6.45, 7) is 6.59. The molecule has 1 saturated heterocycles. The number of nitrogens with zero attached hydrogens (tertiary/aromatic N) is 2. The van der Waals surface area contributed by atoms with E-state index in [2.05, 4.69) is 22.1 Å². The van der Waals surface area contributed by atoms with Crippen molar-refractivity contribution < 1.29 is 0 Å². The van der Waals surface area contributed by atoms with E-state index in [0.717, 1.165) is 13.1 Å². The second-order valence-electron chi connectivity index (χ2n) is 5.44. The molecular formula is C14H20Cl3N3. The molecule has 1 aromatic heterocycles. The van der Waals surface area contributed by atoms with Crippen molar-refractivity contribution in [2.45, 2.75) is 26.2 Å². The molecule has 0 bridgehead atoms. The Bertz CT molecular complexity index is 448. The van der Waals surface area contributed by atoms with Crippen molar-refractivity contribution in [1.29, 1.82) is 0 Å². The second-order valence-corrected chi connectivity index (χ2v) is 6.61. The van der Waals surface area contributed by atoms with Gasteiger partial charge in [-0.05, 0) is 37.9 Å². The molecule has 0 spiro atoms. The van der Waals surface area contributed by atoms with E-state index in [0.29, 0.717) is 21.8 Å². The van der Waals surface area contributed by atoms with Gasteiger partial charge in [0.05, 0.1) is 10.0 Å². The molecule has 0 aliphatic carbocycles. The summed E-state index contributed by atoms with van der Waals surface area (Å²) < 4.78 is 0. The van der Waals surface area contributed by atoms with Gasteiger partial charge >= 0.3 is 0 Å². The normalized spacial score (nSPS) is 18.0. The van der Waals surface area contributed by atoms with Crippen molar-refractivity contribution in [3.05, 3.63) is 21.3 Å². The number of piperidine rings is 1. The molecule has 1 fully saturated rings. The highest BCUT2D eigenvalue weighted by Crippen LogP contribution is 2.28. The number of hydrogen-bond donors (Lipinski definition) is 1. The lowest BCUT2D eigenvalue weighted by atomic mass is 10.1. The van der Waals surface area contributed by atoms with E-state index < -0.39 is 0 Å². The van der Waals surface area contributed by atoms with Crippen molar-refractivity contribution >= 4 is 40.6 Å². The van der Waals surface area contributed by atoms with Crippen LogP contribution in [-0.4, -0.2) is 36.1 Å². The van der Waals surface area contributed by atoms with E-state index >= 15 is 0 Å². The first kappa shape index (κ1) is 16.2. The molecule has 0 saturated carbocycles. The Labute approximate surface area is 135 Å². The summed E-state index contributed by atoms with van der Waals surface area (Å²) in [6, 6.07) is 1.62. The first-order valence-corrected chi connectivity index (χ1v) is 8.17. The Kier molecular flexibility index (Phi) is 6.21. The molecule has 1 atom stereocenters. The Balaban J connectivity index is 1.83. The van der Waals surface area contributed by atoms with Crippen molar-refractivity contribution in [2.24, 2.45) is 5.92 Å². The minimum absolute atomic E-state index is 0.280. The highest BCUT2D eigenvalue weighted by atomic mass is 35.5. The van der Waals surface area contributed by atoms with E-state index in [9.17, 15) is 0 Å². The molecule has 0 aromatic carbocycles. The number of anilines is 1. The minimum atomic E-state index is 0.280. The number of hydrogen-bond acceptors (Lipinski definition) is 3. The number of pyridine rings is 1. The monoisotopic (exact) mass is 335 g/mol. The first-order chi connectivity index (χ1) is 9.56. The highest BCUT2D eigenvalue weighted by Gasteiger charge is 2.14. The average Bonchev–Trinajstić information content (AvgIpc) is 2.42. The van der Waals surface area contributed by atoms with Crippen LogP contribution in [0.5, 0.6) is 0 Å². The summed E-state index contributed by atoms with van der Waals surface area (Å²) in [5, 5.41) is 4.42. The zero-order chi connectivity index (χ0) is 14.5. The van der Waals surface area contributed by atoms with Gasteiger partial charge in [0.2, 0.25) is 0 Å². The molecule has 0 radical (unpaired) electrons. The van der Waals surface area contributed by atoms with Gasteiger partial charge in [-0.25, -0.2) is 4.98 Å². The number of nitrogens with one attached hydrogen (secondary N) is 1. The number of aromatic nitrogens is 1. The number of rotatable bonds is 5.